The molecule has 0 radical (unpaired) electrons. The minimum absolute atomic E-state index is 0.183. The van der Waals surface area contributed by atoms with Crippen molar-refractivity contribution in [2.24, 2.45) is 0 Å². The van der Waals surface area contributed by atoms with Crippen molar-refractivity contribution in [2.45, 2.75) is 0 Å². The molecule has 8 nitrogen and oxygen atoms in total. The van der Waals surface area contributed by atoms with Crippen molar-refractivity contribution in [3.05, 3.63) is 107 Å². The molecule has 0 aliphatic rings. The second kappa shape index (κ2) is 9.18. The van der Waals surface area contributed by atoms with Gasteiger partial charge >= 0.3 is 23.9 Å². The predicted molar refractivity (Wildman–Crippen MR) is 140 cm³/mol. The molecule has 0 saturated heterocycles. The van der Waals surface area contributed by atoms with Crippen molar-refractivity contribution < 1.29 is 39.6 Å². The van der Waals surface area contributed by atoms with Crippen LogP contribution in [-0.4, -0.2) is 44.3 Å². The maximum atomic E-state index is 11.8. The van der Waals surface area contributed by atoms with Crippen molar-refractivity contribution in [3.8, 4) is 22.3 Å². The molecule has 0 aliphatic heterocycles. The van der Waals surface area contributed by atoms with Crippen LogP contribution in [0.1, 0.15) is 41.4 Å². The number of rotatable bonds is 6. The van der Waals surface area contributed by atoms with Gasteiger partial charge in [-0.3, -0.25) is 0 Å². The van der Waals surface area contributed by atoms with Gasteiger partial charge in [0.25, 0.3) is 0 Å². The maximum Gasteiger partial charge on any atom is 0.335 e. The van der Waals surface area contributed by atoms with E-state index in [4.69, 9.17) is 0 Å². The Balaban J connectivity index is 1.96. The quantitative estimate of drug-likeness (QED) is 0.201. The minimum atomic E-state index is -1.27. The van der Waals surface area contributed by atoms with Gasteiger partial charge in [-0.25, -0.2) is 19.2 Å². The molecule has 5 rings (SSSR count). The molecule has 5 aromatic rings. The number of carboxylic acid groups (broad SMARTS) is 4. The molecule has 0 bridgehead atoms. The maximum absolute atomic E-state index is 11.8. The number of benzene rings is 5. The van der Waals surface area contributed by atoms with E-state index in [2.05, 4.69) is 0 Å². The molecule has 5 aromatic carbocycles. The van der Waals surface area contributed by atoms with E-state index in [1.54, 1.807) is 48.5 Å². The average Bonchev–Trinajstić information content (AvgIpc) is 2.90. The number of hydrogen-bond acceptors (Lipinski definition) is 4. The van der Waals surface area contributed by atoms with Crippen LogP contribution in [0.25, 0.3) is 43.8 Å². The lowest BCUT2D eigenvalue weighted by Gasteiger charge is -2.18. The average molecular weight is 506 g/mol. The molecule has 0 unspecified atom stereocenters. The van der Waals surface area contributed by atoms with Gasteiger partial charge in [-0.1, -0.05) is 48.5 Å². The summed E-state index contributed by atoms with van der Waals surface area (Å²) < 4.78 is 0. The summed E-state index contributed by atoms with van der Waals surface area (Å²) in [4.78, 5) is 47.2. The van der Waals surface area contributed by atoms with Crippen molar-refractivity contribution >= 4 is 45.4 Å². The van der Waals surface area contributed by atoms with Gasteiger partial charge in [-0.2, -0.15) is 0 Å². The summed E-state index contributed by atoms with van der Waals surface area (Å²) >= 11 is 0. The zero-order valence-electron chi connectivity index (χ0n) is 19.5. The molecule has 0 amide bonds. The Labute approximate surface area is 214 Å². The van der Waals surface area contributed by atoms with Crippen LogP contribution in [0, 0.1) is 0 Å². The van der Waals surface area contributed by atoms with Crippen molar-refractivity contribution in [3.63, 3.8) is 0 Å². The summed E-state index contributed by atoms with van der Waals surface area (Å²) in [5, 5.41) is 41.1. The Morgan fingerprint density at radius 3 is 0.842 bits per heavy atom. The van der Waals surface area contributed by atoms with Gasteiger partial charge in [0.05, 0.1) is 22.3 Å². The SMILES string of the molecule is O=C(O)c1cc(C(=O)O)cc(-c2c3ccccc3c(-c3cc(C(=O)O)cc(C(=O)O)c3)c3ccccc23)c1. The lowest BCUT2D eigenvalue weighted by molar-refractivity contribution is 0.0676. The van der Waals surface area contributed by atoms with Gasteiger partial charge in [0.2, 0.25) is 0 Å². The molecule has 0 spiro atoms. The van der Waals surface area contributed by atoms with Crippen LogP contribution in [0.3, 0.4) is 0 Å². The molecule has 38 heavy (non-hydrogen) atoms. The first-order valence-corrected chi connectivity index (χ1v) is 11.3. The van der Waals surface area contributed by atoms with E-state index < -0.39 is 23.9 Å². The van der Waals surface area contributed by atoms with E-state index in [0.29, 0.717) is 43.8 Å². The third-order valence-electron chi connectivity index (χ3n) is 6.36. The van der Waals surface area contributed by atoms with Crippen molar-refractivity contribution in [2.75, 3.05) is 0 Å². The summed E-state index contributed by atoms with van der Waals surface area (Å²) in [6.45, 7) is 0. The third-order valence-corrected chi connectivity index (χ3v) is 6.36. The fourth-order valence-electron chi connectivity index (χ4n) is 4.79. The fourth-order valence-corrected chi connectivity index (χ4v) is 4.79. The second-order valence-electron chi connectivity index (χ2n) is 8.66. The molecule has 0 atom stereocenters. The summed E-state index contributed by atoms with van der Waals surface area (Å²) in [7, 11) is 0. The van der Waals surface area contributed by atoms with Crippen LogP contribution in [0.2, 0.25) is 0 Å². The zero-order chi connectivity index (χ0) is 27.1. The van der Waals surface area contributed by atoms with Crippen LogP contribution in [0.15, 0.2) is 84.9 Å². The van der Waals surface area contributed by atoms with Gasteiger partial charge in [-0.05, 0) is 80.2 Å². The van der Waals surface area contributed by atoms with Crippen LogP contribution >= 0.6 is 0 Å². The van der Waals surface area contributed by atoms with Crippen molar-refractivity contribution in [1.29, 1.82) is 0 Å². The minimum Gasteiger partial charge on any atom is -0.478 e. The summed E-state index contributed by atoms with van der Waals surface area (Å²) in [5.74, 6) is -5.09. The van der Waals surface area contributed by atoms with Crippen LogP contribution in [0.4, 0.5) is 0 Å². The highest BCUT2D eigenvalue weighted by Crippen LogP contribution is 2.44. The van der Waals surface area contributed by atoms with E-state index in [9.17, 15) is 39.6 Å². The van der Waals surface area contributed by atoms with Gasteiger partial charge in [-0.15, -0.1) is 0 Å². The Morgan fingerprint density at radius 2 is 0.632 bits per heavy atom. The first kappa shape index (κ1) is 24.2. The molecule has 4 N–H and O–H groups in total. The van der Waals surface area contributed by atoms with E-state index in [0.717, 1.165) is 12.1 Å². The van der Waals surface area contributed by atoms with Gasteiger partial charge in [0.15, 0.2) is 0 Å². The van der Waals surface area contributed by atoms with Gasteiger partial charge < -0.3 is 20.4 Å². The Kier molecular flexibility index (Phi) is 5.85. The van der Waals surface area contributed by atoms with Gasteiger partial charge in [0, 0.05) is 0 Å². The molecule has 186 valence electrons. The van der Waals surface area contributed by atoms with E-state index in [1.807, 2.05) is 0 Å². The predicted octanol–water partition coefficient (Wildman–Crippen LogP) is 6.12. The standard InChI is InChI=1S/C30H18O8/c31-27(32)17-9-15(10-18(13-17)28(33)34)25-21-5-1-2-6-22(21)26(24-8-4-3-7-23(24)25)16-11-19(29(35)36)14-20(12-16)30(37)38/h1-14H,(H,31,32)(H,33,34)(H,35,36)(H,37,38). The molecule has 8 heteroatoms. The highest BCUT2D eigenvalue weighted by molar-refractivity contribution is 6.22. The third kappa shape index (κ3) is 4.10. The Morgan fingerprint density at radius 1 is 0.395 bits per heavy atom. The zero-order valence-corrected chi connectivity index (χ0v) is 19.5. The van der Waals surface area contributed by atoms with E-state index in [-0.39, 0.29) is 22.3 Å². The van der Waals surface area contributed by atoms with E-state index >= 15 is 0 Å². The molecule has 0 heterocycles. The summed E-state index contributed by atoms with van der Waals surface area (Å²) in [6, 6.07) is 22.1. The lowest BCUT2D eigenvalue weighted by Crippen LogP contribution is -2.04. The Bertz CT molecular complexity index is 1580. The second-order valence-corrected chi connectivity index (χ2v) is 8.66. The number of carbonyl (C=O) groups is 4. The highest BCUT2D eigenvalue weighted by Gasteiger charge is 2.21. The first-order valence-electron chi connectivity index (χ1n) is 11.3. The van der Waals surface area contributed by atoms with E-state index in [1.165, 1.54) is 24.3 Å². The monoisotopic (exact) mass is 506 g/mol. The van der Waals surface area contributed by atoms with Crippen LogP contribution < -0.4 is 0 Å². The molecule has 0 fully saturated rings. The largest absolute Gasteiger partial charge is 0.478 e. The molecule has 0 saturated carbocycles. The molecular weight excluding hydrogens is 488 g/mol. The Hall–Kier alpha value is -5.50. The summed E-state index contributed by atoms with van der Waals surface area (Å²) in [5.41, 5.74) is 1.22. The first-order chi connectivity index (χ1) is 18.2. The lowest BCUT2D eigenvalue weighted by atomic mass is 9.84. The smallest absolute Gasteiger partial charge is 0.335 e. The van der Waals surface area contributed by atoms with Crippen molar-refractivity contribution in [1.82, 2.24) is 0 Å². The van der Waals surface area contributed by atoms with Gasteiger partial charge in [0.1, 0.15) is 0 Å². The molecule has 0 aliphatic carbocycles. The normalized spacial score (nSPS) is 10.9. The summed E-state index contributed by atoms with van der Waals surface area (Å²) in [6.07, 6.45) is 0. The highest BCUT2D eigenvalue weighted by atomic mass is 16.4. The molecule has 0 aromatic heterocycles. The number of aromatic carboxylic acids is 4. The topological polar surface area (TPSA) is 149 Å². The fraction of sp³-hybridized carbons (Fsp3) is 0. The molecular formula is C30H18O8. The number of carboxylic acids is 4. The van der Waals surface area contributed by atoms with Crippen LogP contribution in [0.5, 0.6) is 0 Å². The number of fused-ring (bicyclic) bond motifs is 2. The van der Waals surface area contributed by atoms with Crippen LogP contribution in [-0.2, 0) is 0 Å². The number of hydrogen-bond donors (Lipinski definition) is 4.